The van der Waals surface area contributed by atoms with E-state index in [0.717, 1.165) is 0 Å². The van der Waals surface area contributed by atoms with Gasteiger partial charge >= 0.3 is 0 Å². The average molecular weight is 440 g/mol. The molecule has 4 N–H and O–H groups in total. The topological polar surface area (TPSA) is 98.0 Å². The predicted molar refractivity (Wildman–Crippen MR) is 117 cm³/mol. The smallest absolute Gasteiger partial charge is 0.197 e. The van der Waals surface area contributed by atoms with E-state index in [4.69, 9.17) is 0 Å². The first kappa shape index (κ1) is 25.0. The van der Waals surface area contributed by atoms with Crippen molar-refractivity contribution in [2.45, 2.75) is 56.8 Å². The highest BCUT2D eigenvalue weighted by atomic mass is 31.2. The molecular formula is C23H34FO5P. The van der Waals surface area contributed by atoms with Crippen molar-refractivity contribution in [3.8, 4) is 0 Å². The number of halogens is 1. The summed E-state index contributed by atoms with van der Waals surface area (Å²) in [6.07, 6.45) is 8.52. The molecule has 0 saturated heterocycles. The average Bonchev–Trinajstić information content (AvgIpc) is 2.94. The zero-order valence-corrected chi connectivity index (χ0v) is 18.4. The fraction of sp³-hybridized carbons (Fsp3) is 0.565. The molecule has 0 amide bonds. The van der Waals surface area contributed by atoms with Crippen LogP contribution < -0.4 is 0 Å². The molecule has 1 aliphatic rings. The zero-order valence-electron chi connectivity index (χ0n) is 17.5. The Hall–Kier alpha value is -1.30. The number of rotatable bonds is 11. The molecule has 1 saturated carbocycles. The minimum Gasteiger partial charge on any atom is -0.393 e. The lowest BCUT2D eigenvalue weighted by molar-refractivity contribution is 0.120. The summed E-state index contributed by atoms with van der Waals surface area (Å²) in [5, 5.41) is 30.8. The second-order valence-corrected chi connectivity index (χ2v) is 10.9. The Labute approximate surface area is 178 Å². The van der Waals surface area contributed by atoms with Gasteiger partial charge in [-0.25, -0.2) is 4.39 Å². The molecule has 1 aromatic carbocycles. The molecule has 7 heteroatoms. The molecule has 0 bridgehead atoms. The molecule has 2 rings (SSSR count). The predicted octanol–water partition coefficient (Wildman–Crippen LogP) is 3.66. The van der Waals surface area contributed by atoms with Crippen molar-refractivity contribution in [2.75, 3.05) is 12.8 Å². The maximum atomic E-state index is 13.7. The number of unbranched alkanes of at least 4 members (excludes halogenated alkanes) is 1. The SMILES string of the molecule is CP(=O)(O)CCC/C=C/CC1C(O)CC(O)C1/C=C/C(O)CCc1ccccc1F. The van der Waals surface area contributed by atoms with Gasteiger partial charge in [-0.15, -0.1) is 0 Å². The minimum absolute atomic E-state index is 0.151. The fourth-order valence-corrected chi connectivity index (χ4v) is 4.71. The van der Waals surface area contributed by atoms with Gasteiger partial charge in [-0.1, -0.05) is 42.5 Å². The van der Waals surface area contributed by atoms with Crippen molar-refractivity contribution in [2.24, 2.45) is 11.8 Å². The van der Waals surface area contributed by atoms with Crippen LogP contribution in [-0.2, 0) is 11.0 Å². The quantitative estimate of drug-likeness (QED) is 0.239. The highest BCUT2D eigenvalue weighted by Gasteiger charge is 2.39. The molecule has 1 fully saturated rings. The van der Waals surface area contributed by atoms with Crippen LogP contribution in [0, 0.1) is 17.7 Å². The first-order chi connectivity index (χ1) is 14.2. The van der Waals surface area contributed by atoms with Crippen LogP contribution >= 0.6 is 7.37 Å². The number of aryl methyl sites for hydroxylation is 1. The molecular weight excluding hydrogens is 406 g/mol. The van der Waals surface area contributed by atoms with Crippen LogP contribution in [0.2, 0.25) is 0 Å². The summed E-state index contributed by atoms with van der Waals surface area (Å²) in [5.41, 5.74) is 0.560. The second kappa shape index (κ2) is 11.9. The molecule has 0 aromatic heterocycles. The van der Waals surface area contributed by atoms with E-state index in [1.807, 2.05) is 12.2 Å². The van der Waals surface area contributed by atoms with Gasteiger partial charge in [0.1, 0.15) is 5.82 Å². The van der Waals surface area contributed by atoms with Gasteiger partial charge in [-0.05, 0) is 49.7 Å². The highest BCUT2D eigenvalue weighted by Crippen LogP contribution is 2.37. The lowest BCUT2D eigenvalue weighted by atomic mass is 9.89. The van der Waals surface area contributed by atoms with Crippen molar-refractivity contribution >= 4 is 7.37 Å². The number of allylic oxidation sites excluding steroid dienone is 2. The van der Waals surface area contributed by atoms with Gasteiger partial charge in [0, 0.05) is 25.2 Å². The summed E-state index contributed by atoms with van der Waals surface area (Å²) in [7, 11) is -2.97. The van der Waals surface area contributed by atoms with Crippen molar-refractivity contribution in [1.82, 2.24) is 0 Å². The fourth-order valence-electron chi connectivity index (χ4n) is 3.94. The standard InChI is InChI=1S/C23H34FO5P/c1-30(28,29)15-7-3-2-4-9-19-20(23(27)16-22(19)26)14-13-18(25)12-11-17-8-5-6-10-21(17)24/h2,4-6,8,10,13-14,18-20,22-23,25-27H,3,7,9,11-12,15-16H2,1H3,(H,28,29)/b4-2+,14-13+. The molecule has 30 heavy (non-hydrogen) atoms. The summed E-state index contributed by atoms with van der Waals surface area (Å²) in [6.45, 7) is 1.36. The van der Waals surface area contributed by atoms with E-state index in [1.165, 1.54) is 12.7 Å². The Morgan fingerprint density at radius 2 is 1.97 bits per heavy atom. The number of aliphatic hydroxyl groups is 3. The molecule has 6 atom stereocenters. The molecule has 168 valence electrons. The Balaban J connectivity index is 1.84. The van der Waals surface area contributed by atoms with Crippen LogP contribution in [0.3, 0.4) is 0 Å². The van der Waals surface area contributed by atoms with E-state index in [9.17, 15) is 29.2 Å². The molecule has 0 spiro atoms. The van der Waals surface area contributed by atoms with E-state index < -0.39 is 25.7 Å². The zero-order chi connectivity index (χ0) is 22.1. The van der Waals surface area contributed by atoms with Crippen LogP contribution in [0.15, 0.2) is 48.6 Å². The molecule has 1 aromatic rings. The van der Waals surface area contributed by atoms with Gasteiger partial charge in [0.05, 0.1) is 18.3 Å². The second-order valence-electron chi connectivity index (χ2n) is 8.32. The summed E-state index contributed by atoms with van der Waals surface area (Å²) >= 11 is 0. The first-order valence-corrected chi connectivity index (χ1v) is 12.9. The lowest BCUT2D eigenvalue weighted by Gasteiger charge is -2.19. The van der Waals surface area contributed by atoms with Gasteiger partial charge in [-0.2, -0.15) is 0 Å². The number of benzene rings is 1. The molecule has 0 radical (unpaired) electrons. The van der Waals surface area contributed by atoms with Crippen LogP contribution in [0.5, 0.6) is 0 Å². The van der Waals surface area contributed by atoms with E-state index >= 15 is 0 Å². The van der Waals surface area contributed by atoms with E-state index in [-0.39, 0.29) is 23.8 Å². The third-order valence-electron chi connectivity index (χ3n) is 5.66. The first-order valence-electron chi connectivity index (χ1n) is 10.6. The summed E-state index contributed by atoms with van der Waals surface area (Å²) in [6, 6.07) is 6.49. The van der Waals surface area contributed by atoms with Gasteiger partial charge in [0.15, 0.2) is 7.37 Å². The molecule has 6 unspecified atom stereocenters. The van der Waals surface area contributed by atoms with Crippen molar-refractivity contribution in [3.63, 3.8) is 0 Å². The van der Waals surface area contributed by atoms with Crippen LogP contribution in [0.4, 0.5) is 4.39 Å². The van der Waals surface area contributed by atoms with Crippen LogP contribution in [0.25, 0.3) is 0 Å². The van der Waals surface area contributed by atoms with Crippen molar-refractivity contribution in [1.29, 1.82) is 0 Å². The maximum Gasteiger partial charge on any atom is 0.197 e. The summed E-state index contributed by atoms with van der Waals surface area (Å²) < 4.78 is 25.0. The number of hydrogen-bond acceptors (Lipinski definition) is 4. The van der Waals surface area contributed by atoms with Gasteiger partial charge in [0.2, 0.25) is 0 Å². The normalized spacial score (nSPS) is 27.7. The van der Waals surface area contributed by atoms with Crippen LogP contribution in [-0.4, -0.2) is 51.4 Å². The van der Waals surface area contributed by atoms with Gasteiger partial charge in [-0.3, -0.25) is 4.57 Å². The van der Waals surface area contributed by atoms with Crippen LogP contribution in [0.1, 0.15) is 37.7 Å². The summed E-state index contributed by atoms with van der Waals surface area (Å²) in [5.74, 6) is -0.696. The largest absolute Gasteiger partial charge is 0.393 e. The molecule has 0 aliphatic heterocycles. The Kier molecular flexibility index (Phi) is 9.92. The number of aliphatic hydroxyl groups excluding tert-OH is 3. The van der Waals surface area contributed by atoms with Gasteiger partial charge in [0.25, 0.3) is 0 Å². The van der Waals surface area contributed by atoms with E-state index in [1.54, 1.807) is 30.4 Å². The summed E-state index contributed by atoms with van der Waals surface area (Å²) in [4.78, 5) is 9.29. The maximum absolute atomic E-state index is 13.7. The molecule has 5 nitrogen and oxygen atoms in total. The van der Waals surface area contributed by atoms with Gasteiger partial charge < -0.3 is 20.2 Å². The molecule has 0 heterocycles. The van der Waals surface area contributed by atoms with E-state index in [2.05, 4.69) is 0 Å². The third kappa shape index (κ3) is 8.44. The lowest BCUT2D eigenvalue weighted by Crippen LogP contribution is -2.20. The monoisotopic (exact) mass is 440 g/mol. The van der Waals surface area contributed by atoms with E-state index in [0.29, 0.717) is 44.1 Å². The minimum atomic E-state index is -2.97. The molecule has 1 aliphatic carbocycles. The Morgan fingerprint density at radius 3 is 2.67 bits per heavy atom. The highest BCUT2D eigenvalue weighted by molar-refractivity contribution is 7.57. The van der Waals surface area contributed by atoms with Crippen molar-refractivity contribution in [3.05, 3.63) is 60.0 Å². The Bertz CT molecular complexity index is 760. The Morgan fingerprint density at radius 1 is 1.23 bits per heavy atom. The third-order valence-corrected chi connectivity index (χ3v) is 6.80. The number of hydrogen-bond donors (Lipinski definition) is 4. The van der Waals surface area contributed by atoms with Crippen molar-refractivity contribution < 1.29 is 29.2 Å².